The lowest BCUT2D eigenvalue weighted by atomic mass is 9.76. The van der Waals surface area contributed by atoms with Crippen LogP contribution in [0.3, 0.4) is 0 Å². The van der Waals surface area contributed by atoms with Crippen LogP contribution in [0.25, 0.3) is 0 Å². The summed E-state index contributed by atoms with van der Waals surface area (Å²) in [6.45, 7) is 2.16. The number of benzene rings is 2. The van der Waals surface area contributed by atoms with Gasteiger partial charge in [-0.25, -0.2) is 0 Å². The van der Waals surface area contributed by atoms with Gasteiger partial charge in [-0.2, -0.15) is 0 Å². The first-order valence-corrected chi connectivity index (χ1v) is 8.48. The molecule has 4 rings (SSSR count). The molecule has 0 radical (unpaired) electrons. The molecule has 0 amide bonds. The van der Waals surface area contributed by atoms with Crippen LogP contribution in [-0.4, -0.2) is 4.92 Å². The summed E-state index contributed by atoms with van der Waals surface area (Å²) >= 11 is 0. The summed E-state index contributed by atoms with van der Waals surface area (Å²) in [7, 11) is 0. The Morgan fingerprint density at radius 1 is 1.21 bits per heavy atom. The van der Waals surface area contributed by atoms with Crippen LogP contribution in [-0.2, 0) is 6.42 Å². The molecule has 0 fully saturated rings. The average Bonchev–Trinajstić information content (AvgIpc) is 3.10. The molecule has 24 heavy (non-hydrogen) atoms. The molecule has 0 spiro atoms. The average molecular weight is 320 g/mol. The van der Waals surface area contributed by atoms with Gasteiger partial charge in [-0.15, -0.1) is 0 Å². The van der Waals surface area contributed by atoms with E-state index in [4.69, 9.17) is 0 Å². The number of anilines is 1. The molecule has 4 nitrogen and oxygen atoms in total. The zero-order valence-electron chi connectivity index (χ0n) is 13.6. The van der Waals surface area contributed by atoms with Gasteiger partial charge in [0.2, 0.25) is 0 Å². The molecule has 0 bridgehead atoms. The Morgan fingerprint density at radius 3 is 2.83 bits per heavy atom. The van der Waals surface area contributed by atoms with Gasteiger partial charge in [-0.3, -0.25) is 10.1 Å². The Balaban J connectivity index is 1.81. The predicted molar refractivity (Wildman–Crippen MR) is 95.3 cm³/mol. The van der Waals surface area contributed by atoms with Gasteiger partial charge in [0.1, 0.15) is 0 Å². The molecule has 0 saturated carbocycles. The maximum atomic E-state index is 11.4. The quantitative estimate of drug-likeness (QED) is 0.493. The lowest BCUT2D eigenvalue weighted by Crippen LogP contribution is -2.29. The number of fused-ring (bicyclic) bond motifs is 3. The molecular formula is C20H20N2O2. The number of rotatable bonds is 3. The Labute approximate surface area is 141 Å². The Bertz CT molecular complexity index is 828. The van der Waals surface area contributed by atoms with Crippen molar-refractivity contribution in [2.45, 2.75) is 31.7 Å². The minimum Gasteiger partial charge on any atom is -0.377 e. The number of aryl methyl sites for hydroxylation is 1. The number of nitrogens with zero attached hydrogens (tertiary/aromatic N) is 1. The first kappa shape index (κ1) is 14.9. The second-order valence-corrected chi connectivity index (χ2v) is 6.57. The van der Waals surface area contributed by atoms with Crippen LogP contribution in [0.15, 0.2) is 54.6 Å². The summed E-state index contributed by atoms with van der Waals surface area (Å²) < 4.78 is 0. The van der Waals surface area contributed by atoms with E-state index in [1.54, 1.807) is 12.1 Å². The van der Waals surface area contributed by atoms with Crippen molar-refractivity contribution in [2.75, 3.05) is 5.32 Å². The number of nitrogens with one attached hydrogen (secondary N) is 1. The van der Waals surface area contributed by atoms with Crippen LogP contribution in [0, 0.1) is 16.0 Å². The fraction of sp³-hybridized carbons (Fsp3) is 0.300. The van der Waals surface area contributed by atoms with Crippen molar-refractivity contribution < 1.29 is 4.92 Å². The zero-order chi connectivity index (χ0) is 16.7. The van der Waals surface area contributed by atoms with Crippen LogP contribution >= 0.6 is 0 Å². The predicted octanol–water partition coefficient (Wildman–Crippen LogP) is 4.98. The first-order chi connectivity index (χ1) is 11.7. The number of allylic oxidation sites excluding steroid dienone is 2. The van der Waals surface area contributed by atoms with E-state index in [2.05, 4.69) is 42.6 Å². The number of nitro benzene ring substituents is 1. The lowest BCUT2D eigenvalue weighted by molar-refractivity contribution is -0.385. The van der Waals surface area contributed by atoms with Gasteiger partial charge in [-0.05, 0) is 36.0 Å². The largest absolute Gasteiger partial charge is 0.377 e. The van der Waals surface area contributed by atoms with Crippen molar-refractivity contribution in [1.82, 2.24) is 0 Å². The molecule has 1 heterocycles. The molecule has 4 heteroatoms. The normalized spacial score (nSPS) is 24.1. The van der Waals surface area contributed by atoms with Gasteiger partial charge < -0.3 is 5.32 Å². The summed E-state index contributed by atoms with van der Waals surface area (Å²) in [5.41, 5.74) is 4.74. The molecule has 3 atom stereocenters. The Kier molecular flexibility index (Phi) is 3.60. The molecule has 1 aliphatic heterocycles. The van der Waals surface area contributed by atoms with Crippen molar-refractivity contribution >= 4 is 11.4 Å². The van der Waals surface area contributed by atoms with Crippen LogP contribution in [0.2, 0.25) is 0 Å². The van der Waals surface area contributed by atoms with Crippen LogP contribution in [0.5, 0.6) is 0 Å². The van der Waals surface area contributed by atoms with E-state index >= 15 is 0 Å². The van der Waals surface area contributed by atoms with Gasteiger partial charge in [0.25, 0.3) is 5.69 Å². The van der Waals surface area contributed by atoms with E-state index in [1.165, 1.54) is 11.1 Å². The van der Waals surface area contributed by atoms with Gasteiger partial charge >= 0.3 is 0 Å². The first-order valence-electron chi connectivity index (χ1n) is 8.48. The molecular weight excluding hydrogens is 300 g/mol. The Morgan fingerprint density at radius 2 is 2.04 bits per heavy atom. The number of nitro groups is 1. The number of hydrogen-bond donors (Lipinski definition) is 1. The maximum Gasteiger partial charge on any atom is 0.274 e. The van der Waals surface area contributed by atoms with Gasteiger partial charge in [0, 0.05) is 17.7 Å². The highest BCUT2D eigenvalue weighted by Gasteiger charge is 2.40. The summed E-state index contributed by atoms with van der Waals surface area (Å²) in [5.74, 6) is 0.656. The minimum atomic E-state index is -0.274. The fourth-order valence-electron chi connectivity index (χ4n) is 4.09. The highest BCUT2D eigenvalue weighted by atomic mass is 16.6. The van der Waals surface area contributed by atoms with Crippen molar-refractivity contribution in [1.29, 1.82) is 0 Å². The molecule has 0 saturated heterocycles. The molecule has 1 aliphatic carbocycles. The third-order valence-electron chi connectivity index (χ3n) is 5.30. The summed E-state index contributed by atoms with van der Waals surface area (Å²) in [4.78, 5) is 11.2. The number of para-hydroxylation sites is 1. The molecule has 0 unspecified atom stereocenters. The second-order valence-electron chi connectivity index (χ2n) is 6.57. The van der Waals surface area contributed by atoms with Crippen molar-refractivity contribution in [3.05, 3.63) is 81.4 Å². The van der Waals surface area contributed by atoms with E-state index in [0.29, 0.717) is 11.8 Å². The van der Waals surface area contributed by atoms with Crippen LogP contribution in [0.1, 0.15) is 42.0 Å². The zero-order valence-corrected chi connectivity index (χ0v) is 13.6. The SMILES string of the molecule is CCc1ccc2c(c1)[C@@H]1C=CC[C@H]1[C@H](c1ccccc1[N+](=O)[O-])N2. The summed E-state index contributed by atoms with van der Waals surface area (Å²) in [6, 6.07) is 13.6. The van der Waals surface area contributed by atoms with Crippen molar-refractivity contribution in [2.24, 2.45) is 5.92 Å². The molecule has 122 valence electrons. The van der Waals surface area contributed by atoms with E-state index in [9.17, 15) is 10.1 Å². The monoisotopic (exact) mass is 320 g/mol. The van der Waals surface area contributed by atoms with E-state index in [1.807, 2.05) is 12.1 Å². The standard InChI is InChI=1S/C20H20N2O2/c1-2-13-10-11-18-17(12-13)14-7-5-8-15(14)20(21-18)16-6-3-4-9-19(16)22(23)24/h3-7,9-12,14-15,20-21H,2,8H2,1H3/t14-,15-,20-/m1/s1. The van der Waals surface area contributed by atoms with Crippen LogP contribution < -0.4 is 5.32 Å². The molecule has 2 aliphatic rings. The topological polar surface area (TPSA) is 55.2 Å². The summed E-state index contributed by atoms with van der Waals surface area (Å²) in [6.07, 6.45) is 6.45. The lowest BCUT2D eigenvalue weighted by Gasteiger charge is -2.37. The van der Waals surface area contributed by atoms with Gasteiger partial charge in [0.15, 0.2) is 0 Å². The number of hydrogen-bond acceptors (Lipinski definition) is 3. The van der Waals surface area contributed by atoms with Gasteiger partial charge in [0.05, 0.1) is 16.5 Å². The van der Waals surface area contributed by atoms with E-state index in [0.717, 1.165) is 24.1 Å². The van der Waals surface area contributed by atoms with E-state index in [-0.39, 0.29) is 16.7 Å². The smallest absolute Gasteiger partial charge is 0.274 e. The molecule has 1 N–H and O–H groups in total. The molecule has 2 aromatic carbocycles. The highest BCUT2D eigenvalue weighted by molar-refractivity contribution is 5.62. The molecule has 2 aromatic rings. The Hall–Kier alpha value is -2.62. The molecule has 0 aromatic heterocycles. The van der Waals surface area contributed by atoms with E-state index < -0.39 is 0 Å². The third kappa shape index (κ3) is 2.30. The van der Waals surface area contributed by atoms with Crippen molar-refractivity contribution in [3.8, 4) is 0 Å². The highest BCUT2D eigenvalue weighted by Crippen LogP contribution is 2.51. The van der Waals surface area contributed by atoms with Crippen LogP contribution in [0.4, 0.5) is 11.4 Å². The summed E-state index contributed by atoms with van der Waals surface area (Å²) in [5, 5.41) is 15.0. The van der Waals surface area contributed by atoms with Crippen molar-refractivity contribution in [3.63, 3.8) is 0 Å². The van der Waals surface area contributed by atoms with Gasteiger partial charge in [-0.1, -0.05) is 49.4 Å². The third-order valence-corrected chi connectivity index (χ3v) is 5.30. The second kappa shape index (κ2) is 5.78. The minimum absolute atomic E-state index is 0.0356. The fourth-order valence-corrected chi connectivity index (χ4v) is 4.09. The maximum absolute atomic E-state index is 11.4.